The molecular weight excluding hydrogens is 437 g/mol. The largest absolute Gasteiger partial charge is 0.490 e. The van der Waals surface area contributed by atoms with Gasteiger partial charge in [-0.15, -0.1) is 0 Å². The number of hydrogen-bond acceptors (Lipinski definition) is 5. The molecule has 1 aromatic rings. The fraction of sp³-hybridized carbons (Fsp3) is 0.375. The molecule has 0 bridgehead atoms. The van der Waals surface area contributed by atoms with E-state index in [0.717, 1.165) is 0 Å². The van der Waals surface area contributed by atoms with Gasteiger partial charge < -0.3 is 10.2 Å². The van der Waals surface area contributed by atoms with Crippen LogP contribution in [0.25, 0.3) is 0 Å². The van der Waals surface area contributed by atoms with E-state index in [0.29, 0.717) is 12.3 Å². The van der Waals surface area contributed by atoms with Gasteiger partial charge in [0.05, 0.1) is 0 Å². The molecule has 27 heavy (non-hydrogen) atoms. The van der Waals surface area contributed by atoms with Gasteiger partial charge in [-0.25, -0.2) is 14.7 Å². The molecule has 0 amide bonds. The molecule has 0 aliphatic rings. The summed E-state index contributed by atoms with van der Waals surface area (Å²) in [5.74, 6) is -5.51. The Morgan fingerprint density at radius 3 is 1.33 bits per heavy atom. The summed E-state index contributed by atoms with van der Waals surface area (Å²) in [5.41, 5.74) is -1.30. The summed E-state index contributed by atoms with van der Waals surface area (Å²) in [7, 11) is -4.24. The second-order valence-electron chi connectivity index (χ2n) is 3.72. The summed E-state index contributed by atoms with van der Waals surface area (Å²) in [6.07, 6.45) is -14.2. The van der Waals surface area contributed by atoms with Crippen molar-refractivity contribution in [3.63, 3.8) is 0 Å². The van der Waals surface area contributed by atoms with E-state index in [1.807, 2.05) is 0 Å². The lowest BCUT2D eigenvalue weighted by molar-refractivity contribution is -0.193. The molecular formula is C8H6F9N3O6S. The van der Waals surface area contributed by atoms with E-state index in [4.69, 9.17) is 19.8 Å². The predicted molar refractivity (Wildman–Crippen MR) is 63.1 cm³/mol. The highest BCUT2D eigenvalue weighted by molar-refractivity contribution is 7.87. The Labute approximate surface area is 142 Å². The summed E-state index contributed by atoms with van der Waals surface area (Å²) < 4.78 is 120. The van der Waals surface area contributed by atoms with E-state index in [-0.39, 0.29) is 4.09 Å². The molecule has 0 aliphatic heterocycles. The highest BCUT2D eigenvalue weighted by Crippen LogP contribution is 2.27. The summed E-state index contributed by atoms with van der Waals surface area (Å²) in [5, 5.41) is 21.5. The molecule has 9 nitrogen and oxygen atoms in total. The zero-order valence-corrected chi connectivity index (χ0v) is 12.8. The van der Waals surface area contributed by atoms with Crippen molar-refractivity contribution in [1.82, 2.24) is 9.19 Å². The normalized spacial score (nSPS) is 12.2. The van der Waals surface area contributed by atoms with E-state index in [1.165, 1.54) is 0 Å². The fourth-order valence-electron chi connectivity index (χ4n) is 0.600. The van der Waals surface area contributed by atoms with E-state index >= 15 is 0 Å². The van der Waals surface area contributed by atoms with Crippen molar-refractivity contribution in [2.45, 2.75) is 18.5 Å². The van der Waals surface area contributed by atoms with Crippen LogP contribution in [0.5, 0.6) is 0 Å². The molecule has 158 valence electrons. The molecule has 0 spiro atoms. The third-order valence-electron chi connectivity index (χ3n) is 1.60. The van der Waals surface area contributed by atoms with Crippen LogP contribution in [0.4, 0.5) is 39.5 Å². The minimum Gasteiger partial charge on any atom is -0.475 e. The number of rotatable bonds is 1. The summed E-state index contributed by atoms with van der Waals surface area (Å²) in [4.78, 5) is 17.8. The van der Waals surface area contributed by atoms with Crippen molar-refractivity contribution in [1.29, 1.82) is 0 Å². The second-order valence-corrected chi connectivity index (χ2v) is 5.13. The van der Waals surface area contributed by atoms with Crippen LogP contribution in [-0.2, 0) is 26.0 Å². The predicted octanol–water partition coefficient (Wildman–Crippen LogP) is 1.22. The maximum atomic E-state index is 11.9. The van der Waals surface area contributed by atoms with Crippen LogP contribution in [0.1, 0.15) is 5.69 Å². The molecule has 0 fully saturated rings. The van der Waals surface area contributed by atoms with Crippen molar-refractivity contribution < 1.29 is 67.7 Å². The number of alkyl halides is 9. The number of aromatic nitrogens is 2. The monoisotopic (exact) mass is 443 g/mol. The van der Waals surface area contributed by atoms with Crippen LogP contribution in [0.15, 0.2) is 12.3 Å². The Morgan fingerprint density at radius 2 is 1.22 bits per heavy atom. The van der Waals surface area contributed by atoms with Gasteiger partial charge in [0.1, 0.15) is 0 Å². The Balaban J connectivity index is 0. The van der Waals surface area contributed by atoms with Gasteiger partial charge in [-0.1, -0.05) is 0 Å². The topological polar surface area (TPSA) is 153 Å². The van der Waals surface area contributed by atoms with Gasteiger partial charge in [0.25, 0.3) is 0 Å². The molecule has 0 unspecified atom stereocenters. The number of carbonyl (C=O) groups is 2. The lowest BCUT2D eigenvalue weighted by atomic mass is 10.4. The quantitative estimate of drug-likeness (QED) is 0.552. The van der Waals surface area contributed by atoms with Crippen LogP contribution in [0, 0.1) is 0 Å². The van der Waals surface area contributed by atoms with Crippen LogP contribution in [0.2, 0.25) is 0 Å². The molecule has 1 rings (SSSR count). The molecule has 0 atom stereocenters. The summed E-state index contributed by atoms with van der Waals surface area (Å²) in [6, 6.07) is 0.518. The third kappa shape index (κ3) is 11.6. The number of carboxylic acids is 2. The number of halogens is 9. The number of nitrogens with two attached hydrogens (primary N) is 1. The number of carboxylic acid groups (broad SMARTS) is 2. The molecule has 0 saturated heterocycles. The molecule has 4 N–H and O–H groups in total. The SMILES string of the molecule is NS(=O)(=O)n1ccc(C(F)(F)F)n1.O=C(O)C(F)(F)F.O=C(O)C(F)(F)F. The standard InChI is InChI=1S/C4H4F3N3O2S.2C2HF3O2/c5-4(6,7)3-1-2-10(9-3)13(8,11)12;2*3-2(4,5)1(6)7/h1-2H,(H2,8,11,12);2*(H,6,7). The van der Waals surface area contributed by atoms with Crippen molar-refractivity contribution >= 4 is 22.1 Å². The van der Waals surface area contributed by atoms with Gasteiger partial charge in [-0.05, 0) is 6.07 Å². The zero-order valence-electron chi connectivity index (χ0n) is 12.0. The van der Waals surface area contributed by atoms with Gasteiger partial charge in [0.15, 0.2) is 5.69 Å². The molecule has 0 aliphatic carbocycles. The van der Waals surface area contributed by atoms with E-state index in [1.54, 1.807) is 0 Å². The van der Waals surface area contributed by atoms with Crippen molar-refractivity contribution in [2.75, 3.05) is 0 Å². The van der Waals surface area contributed by atoms with Crippen LogP contribution >= 0.6 is 0 Å². The molecule has 0 aromatic carbocycles. The number of hydrogen-bond donors (Lipinski definition) is 3. The first-order valence-corrected chi connectivity index (χ1v) is 6.86. The Kier molecular flexibility index (Phi) is 8.77. The van der Waals surface area contributed by atoms with Crippen molar-refractivity contribution in [3.05, 3.63) is 18.0 Å². The van der Waals surface area contributed by atoms with Gasteiger partial charge >= 0.3 is 40.7 Å². The molecule has 1 aromatic heterocycles. The first-order valence-electron chi connectivity index (χ1n) is 5.36. The average molecular weight is 443 g/mol. The van der Waals surface area contributed by atoms with Gasteiger partial charge in [-0.2, -0.15) is 57.1 Å². The van der Waals surface area contributed by atoms with Crippen LogP contribution in [0.3, 0.4) is 0 Å². The lowest BCUT2D eigenvalue weighted by Crippen LogP contribution is -2.23. The summed E-state index contributed by atoms with van der Waals surface area (Å²) >= 11 is 0. The minimum atomic E-state index is -5.08. The maximum Gasteiger partial charge on any atom is 0.490 e. The Hall–Kier alpha value is -2.57. The Morgan fingerprint density at radius 1 is 0.926 bits per heavy atom. The lowest BCUT2D eigenvalue weighted by Gasteiger charge is -2.00. The van der Waals surface area contributed by atoms with Gasteiger partial charge in [-0.3, -0.25) is 0 Å². The maximum absolute atomic E-state index is 11.9. The van der Waals surface area contributed by atoms with E-state index < -0.39 is 46.4 Å². The van der Waals surface area contributed by atoms with Gasteiger partial charge in [0.2, 0.25) is 0 Å². The molecule has 0 saturated carbocycles. The van der Waals surface area contributed by atoms with Gasteiger partial charge in [0, 0.05) is 6.20 Å². The smallest absolute Gasteiger partial charge is 0.475 e. The van der Waals surface area contributed by atoms with Crippen LogP contribution in [-0.4, -0.2) is 52.1 Å². The highest BCUT2D eigenvalue weighted by atomic mass is 32.2. The summed E-state index contributed by atoms with van der Waals surface area (Å²) in [6.45, 7) is 0. The first kappa shape index (κ1) is 26.7. The van der Waals surface area contributed by atoms with Crippen LogP contribution < -0.4 is 5.14 Å². The number of nitrogens with zero attached hydrogens (tertiary/aromatic N) is 2. The molecule has 1 heterocycles. The molecule has 0 radical (unpaired) electrons. The van der Waals surface area contributed by atoms with E-state index in [9.17, 15) is 47.9 Å². The molecule has 19 heteroatoms. The highest BCUT2D eigenvalue weighted by Gasteiger charge is 2.39. The zero-order chi connectivity index (χ0) is 22.4. The van der Waals surface area contributed by atoms with E-state index in [2.05, 4.69) is 10.2 Å². The second kappa shape index (κ2) is 8.88. The Bertz CT molecular complexity index is 725. The first-order chi connectivity index (χ1) is 11.6. The van der Waals surface area contributed by atoms with Crippen molar-refractivity contribution in [3.8, 4) is 0 Å². The minimum absolute atomic E-state index is 0.0514. The van der Waals surface area contributed by atoms with Crippen molar-refractivity contribution in [2.24, 2.45) is 5.14 Å². The fourth-order valence-corrected chi connectivity index (χ4v) is 1.03. The number of aliphatic carboxylic acids is 2. The third-order valence-corrected chi connectivity index (χ3v) is 2.33. The average Bonchev–Trinajstić information content (AvgIpc) is 2.86.